The summed E-state index contributed by atoms with van der Waals surface area (Å²) in [4.78, 5) is 23.4. The van der Waals surface area contributed by atoms with Gasteiger partial charge in [0.1, 0.15) is 0 Å². The lowest BCUT2D eigenvalue weighted by atomic mass is 10.2. The lowest BCUT2D eigenvalue weighted by Crippen LogP contribution is -2.16. The van der Waals surface area contributed by atoms with Gasteiger partial charge in [0.25, 0.3) is 0 Å². The SMILES string of the molecule is O=C(O)c1c(Cl)cccc1Sc1n[nH]c(=O)n1C1CC1. The van der Waals surface area contributed by atoms with Crippen molar-refractivity contribution in [1.29, 1.82) is 0 Å². The third-order valence-electron chi connectivity index (χ3n) is 2.97. The van der Waals surface area contributed by atoms with Gasteiger partial charge in [0.05, 0.1) is 10.6 Å². The molecule has 0 bridgehead atoms. The Hall–Kier alpha value is -1.73. The van der Waals surface area contributed by atoms with Gasteiger partial charge in [-0.05, 0) is 36.7 Å². The minimum Gasteiger partial charge on any atom is -0.478 e. The number of rotatable bonds is 4. The standard InChI is InChI=1S/C12H10ClN3O3S/c13-7-2-1-3-8(9(7)10(17)18)20-12-15-14-11(19)16(12)6-4-5-6/h1-3,6H,4-5H2,(H,14,19)(H,17,18). The highest BCUT2D eigenvalue weighted by molar-refractivity contribution is 7.99. The zero-order valence-electron chi connectivity index (χ0n) is 10.2. The molecule has 0 unspecified atom stereocenters. The van der Waals surface area contributed by atoms with E-state index < -0.39 is 5.97 Å². The van der Waals surface area contributed by atoms with Gasteiger partial charge in [0.2, 0.25) is 0 Å². The molecule has 0 spiro atoms. The molecule has 0 saturated heterocycles. The minimum absolute atomic E-state index is 0.0250. The highest BCUT2D eigenvalue weighted by Gasteiger charge is 2.29. The monoisotopic (exact) mass is 311 g/mol. The number of carboxylic acids is 1. The average molecular weight is 312 g/mol. The Labute approximate surface area is 122 Å². The van der Waals surface area contributed by atoms with Crippen molar-refractivity contribution in [1.82, 2.24) is 14.8 Å². The maximum atomic E-state index is 11.7. The lowest BCUT2D eigenvalue weighted by Gasteiger charge is -2.07. The summed E-state index contributed by atoms with van der Waals surface area (Å²) in [5, 5.41) is 16.2. The van der Waals surface area contributed by atoms with E-state index in [2.05, 4.69) is 10.2 Å². The predicted molar refractivity (Wildman–Crippen MR) is 73.7 cm³/mol. The smallest absolute Gasteiger partial charge is 0.344 e. The van der Waals surface area contributed by atoms with Crippen LogP contribution in [0.5, 0.6) is 0 Å². The molecule has 1 fully saturated rings. The highest BCUT2D eigenvalue weighted by Crippen LogP contribution is 2.39. The minimum atomic E-state index is -1.10. The van der Waals surface area contributed by atoms with Crippen LogP contribution in [0.2, 0.25) is 5.02 Å². The van der Waals surface area contributed by atoms with Crippen molar-refractivity contribution in [3.05, 3.63) is 39.3 Å². The molecule has 1 aliphatic carbocycles. The maximum absolute atomic E-state index is 11.7. The van der Waals surface area contributed by atoms with E-state index in [4.69, 9.17) is 11.6 Å². The topological polar surface area (TPSA) is 88.0 Å². The summed E-state index contributed by atoms with van der Waals surface area (Å²) in [6, 6.07) is 5.00. The number of aromatic amines is 1. The van der Waals surface area contributed by atoms with Crippen LogP contribution in [0.25, 0.3) is 0 Å². The van der Waals surface area contributed by atoms with Crippen molar-refractivity contribution in [3.8, 4) is 0 Å². The molecule has 3 rings (SSSR count). The number of halogens is 1. The molecule has 1 aliphatic rings. The van der Waals surface area contributed by atoms with Gasteiger partial charge in [-0.3, -0.25) is 4.57 Å². The van der Waals surface area contributed by atoms with E-state index in [1.807, 2.05) is 0 Å². The largest absolute Gasteiger partial charge is 0.478 e. The Morgan fingerprint density at radius 3 is 2.90 bits per heavy atom. The van der Waals surface area contributed by atoms with Crippen molar-refractivity contribution in [2.45, 2.75) is 28.9 Å². The Kier molecular flexibility index (Phi) is 3.31. The van der Waals surface area contributed by atoms with Crippen LogP contribution in [-0.2, 0) is 0 Å². The molecule has 1 aromatic heterocycles. The fourth-order valence-electron chi connectivity index (χ4n) is 1.91. The van der Waals surface area contributed by atoms with Crippen LogP contribution in [0.15, 0.2) is 33.0 Å². The van der Waals surface area contributed by atoms with E-state index in [1.165, 1.54) is 6.07 Å². The third kappa shape index (κ3) is 2.34. The van der Waals surface area contributed by atoms with Crippen LogP contribution in [-0.4, -0.2) is 25.8 Å². The molecule has 104 valence electrons. The molecule has 0 atom stereocenters. The summed E-state index contributed by atoms with van der Waals surface area (Å²) in [6.07, 6.45) is 1.88. The number of benzene rings is 1. The van der Waals surface area contributed by atoms with E-state index in [-0.39, 0.29) is 22.3 Å². The number of carboxylic acid groups (broad SMARTS) is 1. The van der Waals surface area contributed by atoms with Gasteiger partial charge in [0.15, 0.2) is 5.16 Å². The average Bonchev–Trinajstić information content (AvgIpc) is 3.15. The predicted octanol–water partition coefficient (Wildman–Crippen LogP) is 2.41. The van der Waals surface area contributed by atoms with Crippen LogP contribution in [0.1, 0.15) is 29.2 Å². The van der Waals surface area contributed by atoms with Gasteiger partial charge in [-0.15, -0.1) is 5.10 Å². The van der Waals surface area contributed by atoms with Gasteiger partial charge in [-0.25, -0.2) is 14.7 Å². The molecule has 6 nitrogen and oxygen atoms in total. The molecule has 0 amide bonds. The van der Waals surface area contributed by atoms with Crippen LogP contribution in [0.3, 0.4) is 0 Å². The molecule has 20 heavy (non-hydrogen) atoms. The second-order valence-electron chi connectivity index (χ2n) is 4.43. The first kappa shape index (κ1) is 13.3. The lowest BCUT2D eigenvalue weighted by molar-refractivity contribution is 0.0693. The zero-order valence-corrected chi connectivity index (χ0v) is 11.7. The van der Waals surface area contributed by atoms with Crippen LogP contribution >= 0.6 is 23.4 Å². The van der Waals surface area contributed by atoms with Crippen LogP contribution in [0, 0.1) is 0 Å². The number of aromatic nitrogens is 3. The Balaban J connectivity index is 2.02. The molecule has 1 heterocycles. The maximum Gasteiger partial charge on any atom is 0.344 e. The van der Waals surface area contributed by atoms with Gasteiger partial charge >= 0.3 is 11.7 Å². The second kappa shape index (κ2) is 4.99. The number of hydrogen-bond donors (Lipinski definition) is 2. The van der Waals surface area contributed by atoms with Crippen LogP contribution < -0.4 is 5.69 Å². The number of H-pyrrole nitrogens is 1. The van der Waals surface area contributed by atoms with E-state index in [0.717, 1.165) is 24.6 Å². The van der Waals surface area contributed by atoms with Gasteiger partial charge < -0.3 is 5.11 Å². The van der Waals surface area contributed by atoms with E-state index >= 15 is 0 Å². The summed E-state index contributed by atoms with van der Waals surface area (Å²) in [7, 11) is 0. The van der Waals surface area contributed by atoms with Gasteiger partial charge in [0, 0.05) is 10.9 Å². The highest BCUT2D eigenvalue weighted by atomic mass is 35.5. The zero-order chi connectivity index (χ0) is 14.3. The van der Waals surface area contributed by atoms with Crippen LogP contribution in [0.4, 0.5) is 0 Å². The fourth-order valence-corrected chi connectivity index (χ4v) is 3.29. The molecule has 0 radical (unpaired) electrons. The number of nitrogens with zero attached hydrogens (tertiary/aromatic N) is 2. The van der Waals surface area contributed by atoms with Crippen molar-refractivity contribution in [2.75, 3.05) is 0 Å². The molecule has 0 aliphatic heterocycles. The Morgan fingerprint density at radius 2 is 2.25 bits per heavy atom. The molecule has 2 aromatic rings. The number of carbonyl (C=O) groups is 1. The van der Waals surface area contributed by atoms with Crippen molar-refractivity contribution in [2.24, 2.45) is 0 Å². The first-order chi connectivity index (χ1) is 9.58. The number of nitrogens with one attached hydrogen (secondary N) is 1. The van der Waals surface area contributed by atoms with Gasteiger partial charge in [-0.2, -0.15) is 0 Å². The fraction of sp³-hybridized carbons (Fsp3) is 0.250. The van der Waals surface area contributed by atoms with E-state index in [0.29, 0.717) is 10.1 Å². The number of hydrogen-bond acceptors (Lipinski definition) is 4. The second-order valence-corrected chi connectivity index (χ2v) is 5.85. The third-order valence-corrected chi connectivity index (χ3v) is 4.32. The summed E-state index contributed by atoms with van der Waals surface area (Å²) >= 11 is 7.05. The number of aromatic carboxylic acids is 1. The van der Waals surface area contributed by atoms with Crippen molar-refractivity contribution < 1.29 is 9.90 Å². The van der Waals surface area contributed by atoms with Crippen molar-refractivity contribution in [3.63, 3.8) is 0 Å². The van der Waals surface area contributed by atoms with E-state index in [9.17, 15) is 14.7 Å². The Morgan fingerprint density at radius 1 is 1.50 bits per heavy atom. The normalized spacial score (nSPS) is 14.4. The first-order valence-electron chi connectivity index (χ1n) is 5.94. The summed E-state index contributed by atoms with van der Waals surface area (Å²) < 4.78 is 1.57. The molecule has 1 aromatic carbocycles. The Bertz CT molecular complexity index is 736. The molecular formula is C12H10ClN3O3S. The molecule has 1 saturated carbocycles. The summed E-state index contributed by atoms with van der Waals surface area (Å²) in [5.41, 5.74) is -0.245. The molecular weight excluding hydrogens is 302 g/mol. The quantitative estimate of drug-likeness (QED) is 0.905. The summed E-state index contributed by atoms with van der Waals surface area (Å²) in [6.45, 7) is 0. The van der Waals surface area contributed by atoms with Crippen molar-refractivity contribution >= 4 is 29.3 Å². The first-order valence-corrected chi connectivity index (χ1v) is 7.14. The summed E-state index contributed by atoms with van der Waals surface area (Å²) in [5.74, 6) is -1.10. The van der Waals surface area contributed by atoms with Gasteiger partial charge in [-0.1, -0.05) is 17.7 Å². The molecule has 2 N–H and O–H groups in total. The molecule has 8 heteroatoms. The van der Waals surface area contributed by atoms with E-state index in [1.54, 1.807) is 16.7 Å².